The van der Waals surface area contributed by atoms with Gasteiger partial charge in [-0.25, -0.2) is 4.39 Å². The maximum absolute atomic E-state index is 13.6. The zero-order valence-corrected chi connectivity index (χ0v) is 13.3. The minimum atomic E-state index is -0.217. The maximum Gasteiger partial charge on any atom is 0.159 e. The molecule has 1 aliphatic heterocycles. The molecule has 0 spiro atoms. The second-order valence-electron chi connectivity index (χ2n) is 4.97. The van der Waals surface area contributed by atoms with Gasteiger partial charge in [0, 0.05) is 12.5 Å². The van der Waals surface area contributed by atoms with Gasteiger partial charge in [0.2, 0.25) is 0 Å². The Morgan fingerprint density at radius 2 is 2.15 bits per heavy atom. The topological polar surface area (TPSA) is 30.5 Å². The molecule has 1 aromatic carbocycles. The van der Waals surface area contributed by atoms with Gasteiger partial charge in [-0.1, -0.05) is 19.1 Å². The molecule has 20 heavy (non-hydrogen) atoms. The monoisotopic (exact) mass is 345 g/mol. The average molecular weight is 346 g/mol. The first-order chi connectivity index (χ1) is 9.70. The van der Waals surface area contributed by atoms with Crippen LogP contribution in [0.25, 0.3) is 0 Å². The average Bonchev–Trinajstić information content (AvgIpc) is 2.94. The van der Waals surface area contributed by atoms with Crippen molar-refractivity contribution in [3.8, 4) is 0 Å². The summed E-state index contributed by atoms with van der Waals surface area (Å²) in [6.07, 6.45) is 2.45. The van der Waals surface area contributed by atoms with E-state index >= 15 is 0 Å². The van der Waals surface area contributed by atoms with Crippen LogP contribution in [0.15, 0.2) is 22.7 Å². The lowest BCUT2D eigenvalue weighted by molar-refractivity contribution is -0.0526. The molecule has 1 unspecified atom stereocenters. The van der Waals surface area contributed by atoms with Crippen LogP contribution in [0.2, 0.25) is 0 Å². The SMILES string of the molecule is CCCNC(Cc1cccc(F)c1Br)CC1OCCO1. The molecular formula is C15H21BrFNO2. The third-order valence-electron chi connectivity index (χ3n) is 3.35. The molecule has 0 radical (unpaired) electrons. The molecule has 0 aromatic heterocycles. The number of benzene rings is 1. The van der Waals surface area contributed by atoms with Crippen molar-refractivity contribution in [2.45, 2.75) is 38.5 Å². The second-order valence-corrected chi connectivity index (χ2v) is 5.77. The van der Waals surface area contributed by atoms with Gasteiger partial charge in [0.05, 0.1) is 17.7 Å². The maximum atomic E-state index is 13.6. The van der Waals surface area contributed by atoms with E-state index in [4.69, 9.17) is 9.47 Å². The summed E-state index contributed by atoms with van der Waals surface area (Å²) in [7, 11) is 0. The summed E-state index contributed by atoms with van der Waals surface area (Å²) in [4.78, 5) is 0. The Morgan fingerprint density at radius 1 is 1.40 bits per heavy atom. The molecule has 0 saturated carbocycles. The van der Waals surface area contributed by atoms with Crippen LogP contribution in [0, 0.1) is 5.82 Å². The molecule has 0 aliphatic carbocycles. The van der Waals surface area contributed by atoms with Crippen molar-refractivity contribution in [3.05, 3.63) is 34.1 Å². The fourth-order valence-electron chi connectivity index (χ4n) is 2.33. The largest absolute Gasteiger partial charge is 0.350 e. The highest BCUT2D eigenvalue weighted by Crippen LogP contribution is 2.23. The second kappa shape index (κ2) is 8.08. The van der Waals surface area contributed by atoms with Crippen molar-refractivity contribution in [2.24, 2.45) is 0 Å². The molecule has 1 saturated heterocycles. The Morgan fingerprint density at radius 3 is 2.85 bits per heavy atom. The van der Waals surface area contributed by atoms with E-state index in [1.54, 1.807) is 6.07 Å². The van der Waals surface area contributed by atoms with E-state index in [1.165, 1.54) is 6.07 Å². The molecule has 0 amide bonds. The normalized spacial score (nSPS) is 17.6. The van der Waals surface area contributed by atoms with Gasteiger partial charge in [0.15, 0.2) is 6.29 Å². The summed E-state index contributed by atoms with van der Waals surface area (Å²) in [6.45, 7) is 4.39. The van der Waals surface area contributed by atoms with Crippen molar-refractivity contribution in [2.75, 3.05) is 19.8 Å². The Kier molecular flexibility index (Phi) is 6.42. The van der Waals surface area contributed by atoms with Gasteiger partial charge in [-0.2, -0.15) is 0 Å². The van der Waals surface area contributed by atoms with E-state index in [0.717, 1.165) is 31.4 Å². The lowest BCUT2D eigenvalue weighted by Crippen LogP contribution is -2.35. The zero-order valence-electron chi connectivity index (χ0n) is 11.7. The van der Waals surface area contributed by atoms with Gasteiger partial charge in [-0.15, -0.1) is 0 Å². The first-order valence-electron chi connectivity index (χ1n) is 7.10. The number of nitrogens with one attached hydrogen (secondary N) is 1. The van der Waals surface area contributed by atoms with Crippen LogP contribution in [0.5, 0.6) is 0 Å². The van der Waals surface area contributed by atoms with Gasteiger partial charge in [-0.3, -0.25) is 0 Å². The number of halogens is 2. The summed E-state index contributed by atoms with van der Waals surface area (Å²) in [5.41, 5.74) is 0.969. The minimum absolute atomic E-state index is 0.142. The minimum Gasteiger partial charge on any atom is -0.350 e. The van der Waals surface area contributed by atoms with Gasteiger partial charge in [0.1, 0.15) is 5.82 Å². The molecule has 1 aromatic rings. The van der Waals surface area contributed by atoms with E-state index < -0.39 is 0 Å². The summed E-state index contributed by atoms with van der Waals surface area (Å²) >= 11 is 3.32. The number of rotatable bonds is 7. The Labute approximate surface area is 128 Å². The first kappa shape index (κ1) is 15.9. The summed E-state index contributed by atoms with van der Waals surface area (Å²) in [5, 5.41) is 3.49. The number of hydrogen-bond acceptors (Lipinski definition) is 3. The smallest absolute Gasteiger partial charge is 0.159 e. The molecule has 1 aliphatic rings. The van der Waals surface area contributed by atoms with Gasteiger partial charge in [-0.05, 0) is 46.9 Å². The van der Waals surface area contributed by atoms with Crippen LogP contribution in [0.1, 0.15) is 25.3 Å². The zero-order chi connectivity index (χ0) is 14.4. The van der Waals surface area contributed by atoms with Crippen LogP contribution in [0.3, 0.4) is 0 Å². The van der Waals surface area contributed by atoms with Crippen LogP contribution in [-0.2, 0) is 15.9 Å². The molecule has 3 nitrogen and oxygen atoms in total. The van der Waals surface area contributed by atoms with Crippen LogP contribution >= 0.6 is 15.9 Å². The van der Waals surface area contributed by atoms with Crippen molar-refractivity contribution in [3.63, 3.8) is 0 Å². The standard InChI is InChI=1S/C15H21BrFNO2/c1-2-6-18-12(10-14-19-7-8-20-14)9-11-4-3-5-13(17)15(11)16/h3-5,12,14,18H,2,6-10H2,1H3. The molecule has 1 atom stereocenters. The van der Waals surface area contributed by atoms with E-state index in [0.29, 0.717) is 17.7 Å². The van der Waals surface area contributed by atoms with Crippen LogP contribution in [-0.4, -0.2) is 32.1 Å². The molecule has 112 valence electrons. The highest BCUT2D eigenvalue weighted by molar-refractivity contribution is 9.10. The quantitative estimate of drug-likeness (QED) is 0.822. The number of hydrogen-bond donors (Lipinski definition) is 1. The molecule has 2 rings (SSSR count). The van der Waals surface area contributed by atoms with E-state index in [2.05, 4.69) is 28.2 Å². The highest BCUT2D eigenvalue weighted by Gasteiger charge is 2.22. The lowest BCUT2D eigenvalue weighted by Gasteiger charge is -2.22. The third-order valence-corrected chi connectivity index (χ3v) is 4.24. The van der Waals surface area contributed by atoms with Crippen LogP contribution < -0.4 is 5.32 Å². The predicted octanol–water partition coefficient (Wildman–Crippen LogP) is 3.26. The van der Waals surface area contributed by atoms with E-state index in [9.17, 15) is 4.39 Å². The third kappa shape index (κ3) is 4.52. The lowest BCUT2D eigenvalue weighted by atomic mass is 10.0. The van der Waals surface area contributed by atoms with E-state index in [-0.39, 0.29) is 18.1 Å². The van der Waals surface area contributed by atoms with Crippen molar-refractivity contribution < 1.29 is 13.9 Å². The molecule has 1 fully saturated rings. The molecular weight excluding hydrogens is 325 g/mol. The van der Waals surface area contributed by atoms with Crippen LogP contribution in [0.4, 0.5) is 4.39 Å². The number of ether oxygens (including phenoxy) is 2. The summed E-state index contributed by atoms with van der Waals surface area (Å²) < 4.78 is 25.1. The molecule has 1 N–H and O–H groups in total. The van der Waals surface area contributed by atoms with Gasteiger partial charge >= 0.3 is 0 Å². The molecule has 0 bridgehead atoms. The predicted molar refractivity (Wildman–Crippen MR) is 80.2 cm³/mol. The fraction of sp³-hybridized carbons (Fsp3) is 0.600. The van der Waals surface area contributed by atoms with Crippen molar-refractivity contribution in [1.29, 1.82) is 0 Å². The molecule has 5 heteroatoms. The Balaban J connectivity index is 1.99. The van der Waals surface area contributed by atoms with Gasteiger partial charge in [0.25, 0.3) is 0 Å². The van der Waals surface area contributed by atoms with Crippen molar-refractivity contribution >= 4 is 15.9 Å². The first-order valence-corrected chi connectivity index (χ1v) is 7.89. The Bertz CT molecular complexity index is 424. The Hall–Kier alpha value is -0.490. The summed E-state index contributed by atoms with van der Waals surface area (Å²) in [5.74, 6) is -0.217. The van der Waals surface area contributed by atoms with Crippen molar-refractivity contribution in [1.82, 2.24) is 5.32 Å². The fourth-order valence-corrected chi connectivity index (χ4v) is 2.76. The summed E-state index contributed by atoms with van der Waals surface area (Å²) in [6, 6.07) is 5.38. The highest BCUT2D eigenvalue weighted by atomic mass is 79.9. The van der Waals surface area contributed by atoms with E-state index in [1.807, 2.05) is 6.07 Å². The van der Waals surface area contributed by atoms with Gasteiger partial charge < -0.3 is 14.8 Å². The molecule has 1 heterocycles.